The van der Waals surface area contributed by atoms with E-state index in [9.17, 15) is 14.1 Å². The number of carbonyl (C=O) groups is 1. The summed E-state index contributed by atoms with van der Waals surface area (Å²) in [4.78, 5) is 28.2. The molecule has 2 aromatic carbocycles. The number of urea groups is 1. The monoisotopic (exact) mass is 371 g/mol. The van der Waals surface area contributed by atoms with E-state index < -0.39 is 0 Å². The van der Waals surface area contributed by atoms with Crippen LogP contribution in [-0.2, 0) is 0 Å². The van der Waals surface area contributed by atoms with Gasteiger partial charge in [0.1, 0.15) is 11.5 Å². The number of nitrogens with zero attached hydrogens (tertiary/aromatic N) is 3. The fourth-order valence-electron chi connectivity index (χ4n) is 3.29. The zero-order valence-electron chi connectivity index (χ0n) is 15.8. The largest absolute Gasteiger partial charge is 0.324 e. The molecule has 0 aliphatic carbocycles. The summed E-state index contributed by atoms with van der Waals surface area (Å²) in [6, 6.07) is 11.1. The predicted molar refractivity (Wildman–Crippen MR) is 104 cm³/mol. The first-order chi connectivity index (χ1) is 12.8. The summed E-state index contributed by atoms with van der Waals surface area (Å²) in [7, 11) is 5.42. The minimum atomic E-state index is -0.312. The lowest BCUT2D eigenvalue weighted by Crippen LogP contribution is -2.54. The van der Waals surface area contributed by atoms with Crippen LogP contribution in [0.25, 0.3) is 11.1 Å². The number of nitroso groups, excluding NO2 is 1. The average Bonchev–Trinajstić information content (AvgIpc) is 2.57. The minimum absolute atomic E-state index is 0.218. The molecule has 27 heavy (non-hydrogen) atoms. The van der Waals surface area contributed by atoms with Gasteiger partial charge in [-0.25, -0.2) is 9.18 Å². The van der Waals surface area contributed by atoms with Gasteiger partial charge in [-0.1, -0.05) is 12.1 Å². The van der Waals surface area contributed by atoms with Gasteiger partial charge in [0.2, 0.25) is 0 Å². The first-order valence-electron chi connectivity index (χ1n) is 8.85. The van der Waals surface area contributed by atoms with Gasteiger partial charge in [0.25, 0.3) is 5.69 Å². The molecular weight excluding hydrogens is 347 g/mol. The molecule has 7 heteroatoms. The van der Waals surface area contributed by atoms with E-state index in [2.05, 4.69) is 10.2 Å². The third kappa shape index (κ3) is 4.49. The summed E-state index contributed by atoms with van der Waals surface area (Å²) >= 11 is 0. The van der Waals surface area contributed by atoms with Crippen molar-refractivity contribution in [2.75, 3.05) is 46.1 Å². The maximum absolute atomic E-state index is 13.2. The van der Waals surface area contributed by atoms with E-state index in [4.69, 9.17) is 0 Å². The first kappa shape index (κ1) is 19.0. The molecule has 1 saturated heterocycles. The Morgan fingerprint density at radius 2 is 1.81 bits per heavy atom. The van der Waals surface area contributed by atoms with Crippen LogP contribution in [0.15, 0.2) is 42.5 Å². The van der Waals surface area contributed by atoms with E-state index in [-0.39, 0.29) is 11.8 Å². The maximum Gasteiger partial charge on any atom is 0.322 e. The number of amides is 2. The SMILES string of the molecule is CN(C)CC1CN(C(=O)Nc2cc(-c3ccc(F)cc3)ccc2[N+](C)=O)C1. The van der Waals surface area contributed by atoms with Crippen molar-refractivity contribution in [1.29, 1.82) is 0 Å². The molecule has 0 atom stereocenters. The summed E-state index contributed by atoms with van der Waals surface area (Å²) in [5.74, 6) is 0.159. The lowest BCUT2D eigenvalue weighted by Gasteiger charge is -2.40. The highest BCUT2D eigenvalue weighted by Gasteiger charge is 2.31. The second kappa shape index (κ2) is 7.84. The Morgan fingerprint density at radius 1 is 1.19 bits per heavy atom. The van der Waals surface area contributed by atoms with Gasteiger partial charge in [-0.2, -0.15) is 0 Å². The van der Waals surface area contributed by atoms with Crippen LogP contribution in [0.4, 0.5) is 20.6 Å². The van der Waals surface area contributed by atoms with Crippen molar-refractivity contribution in [3.63, 3.8) is 0 Å². The van der Waals surface area contributed by atoms with Gasteiger partial charge < -0.3 is 15.1 Å². The van der Waals surface area contributed by atoms with Crippen LogP contribution in [-0.4, -0.2) is 61.4 Å². The Hall–Kier alpha value is -2.80. The first-order valence-corrected chi connectivity index (χ1v) is 8.85. The predicted octanol–water partition coefficient (Wildman–Crippen LogP) is 3.56. The van der Waals surface area contributed by atoms with Crippen LogP contribution < -0.4 is 5.32 Å². The number of halogens is 1. The molecule has 0 saturated carbocycles. The average molecular weight is 371 g/mol. The second-order valence-corrected chi connectivity index (χ2v) is 7.20. The molecule has 0 spiro atoms. The van der Waals surface area contributed by atoms with Crippen molar-refractivity contribution in [2.45, 2.75) is 0 Å². The van der Waals surface area contributed by atoms with Crippen LogP contribution in [0, 0.1) is 16.6 Å². The van der Waals surface area contributed by atoms with Crippen molar-refractivity contribution in [3.05, 3.63) is 53.2 Å². The van der Waals surface area contributed by atoms with E-state index in [0.29, 0.717) is 30.4 Å². The Morgan fingerprint density at radius 3 is 2.41 bits per heavy atom. The zero-order chi connectivity index (χ0) is 19.6. The minimum Gasteiger partial charge on any atom is -0.324 e. The molecule has 1 N–H and O–H groups in total. The Kier molecular flexibility index (Phi) is 5.51. The molecule has 142 valence electrons. The number of carbonyl (C=O) groups excluding carboxylic acids is 1. The molecule has 3 rings (SSSR count). The molecule has 1 aliphatic rings. The number of hydrogen-bond donors (Lipinski definition) is 1. The van der Waals surface area contributed by atoms with Crippen molar-refractivity contribution < 1.29 is 13.9 Å². The summed E-state index contributed by atoms with van der Waals surface area (Å²) in [5, 5.41) is 2.85. The lowest BCUT2D eigenvalue weighted by atomic mass is 10.0. The summed E-state index contributed by atoms with van der Waals surface area (Å²) in [6.07, 6.45) is 0. The Bertz CT molecular complexity index is 846. The van der Waals surface area contributed by atoms with E-state index in [1.807, 2.05) is 14.1 Å². The molecule has 6 nitrogen and oxygen atoms in total. The fourth-order valence-corrected chi connectivity index (χ4v) is 3.29. The van der Waals surface area contributed by atoms with E-state index in [0.717, 1.165) is 22.4 Å². The van der Waals surface area contributed by atoms with E-state index >= 15 is 0 Å². The number of rotatable bonds is 5. The third-order valence-corrected chi connectivity index (χ3v) is 4.62. The summed E-state index contributed by atoms with van der Waals surface area (Å²) in [6.45, 7) is 2.34. The van der Waals surface area contributed by atoms with Gasteiger partial charge in [-0.3, -0.25) is 0 Å². The van der Waals surface area contributed by atoms with Crippen LogP contribution in [0.3, 0.4) is 0 Å². The summed E-state index contributed by atoms with van der Waals surface area (Å²) < 4.78 is 13.9. The second-order valence-electron chi connectivity index (χ2n) is 7.20. The molecule has 1 aliphatic heterocycles. The number of likely N-dealkylation sites (tertiary alicyclic amines) is 1. The summed E-state index contributed by atoms with van der Waals surface area (Å²) in [5.41, 5.74) is 2.42. The van der Waals surface area contributed by atoms with Crippen LogP contribution >= 0.6 is 0 Å². The van der Waals surface area contributed by atoms with Gasteiger partial charge in [0.15, 0.2) is 7.05 Å². The number of nitrogens with one attached hydrogen (secondary N) is 1. The highest BCUT2D eigenvalue weighted by atomic mass is 19.1. The smallest absolute Gasteiger partial charge is 0.322 e. The molecule has 1 fully saturated rings. The van der Waals surface area contributed by atoms with Crippen molar-refractivity contribution in [2.24, 2.45) is 5.92 Å². The maximum atomic E-state index is 13.2. The van der Waals surface area contributed by atoms with Gasteiger partial charge in [0, 0.05) is 41.3 Å². The third-order valence-electron chi connectivity index (χ3n) is 4.62. The molecular formula is C20H24FN4O2+. The zero-order valence-corrected chi connectivity index (χ0v) is 15.8. The molecule has 2 amide bonds. The van der Waals surface area contributed by atoms with Crippen molar-refractivity contribution in [1.82, 2.24) is 9.80 Å². The van der Waals surface area contributed by atoms with Crippen LogP contribution in [0.5, 0.6) is 0 Å². The van der Waals surface area contributed by atoms with Gasteiger partial charge in [-0.05, 0) is 49.5 Å². The normalized spacial score (nSPS) is 14.2. The molecule has 0 bridgehead atoms. The van der Waals surface area contributed by atoms with Gasteiger partial charge in [0.05, 0.1) is 0 Å². The van der Waals surface area contributed by atoms with Gasteiger partial charge in [-0.15, -0.1) is 0 Å². The fraction of sp³-hybridized carbons (Fsp3) is 0.350. The number of hydrogen-bond acceptors (Lipinski definition) is 3. The van der Waals surface area contributed by atoms with Crippen molar-refractivity contribution >= 4 is 17.4 Å². The molecule has 0 radical (unpaired) electrons. The molecule has 1 heterocycles. The molecule has 0 unspecified atom stereocenters. The van der Waals surface area contributed by atoms with E-state index in [1.54, 1.807) is 35.2 Å². The number of benzene rings is 2. The Balaban J connectivity index is 1.77. The number of anilines is 1. The molecule has 2 aromatic rings. The van der Waals surface area contributed by atoms with E-state index in [1.165, 1.54) is 19.2 Å². The quantitative estimate of drug-likeness (QED) is 0.818. The van der Waals surface area contributed by atoms with Gasteiger partial charge >= 0.3 is 6.03 Å². The lowest BCUT2D eigenvalue weighted by molar-refractivity contribution is -0.427. The highest BCUT2D eigenvalue weighted by molar-refractivity contribution is 5.93. The Labute approximate surface area is 158 Å². The van der Waals surface area contributed by atoms with Crippen molar-refractivity contribution in [3.8, 4) is 11.1 Å². The van der Waals surface area contributed by atoms with Crippen LogP contribution in [0.1, 0.15) is 0 Å². The molecule has 0 aromatic heterocycles. The van der Waals surface area contributed by atoms with Crippen LogP contribution in [0.2, 0.25) is 0 Å². The highest BCUT2D eigenvalue weighted by Crippen LogP contribution is 2.31. The topological polar surface area (TPSA) is 55.7 Å². The standard InChI is InChI=1S/C20H23FN4O2/c1-23(2)11-14-12-25(13-14)20(26)22-18-10-16(6-9-19(18)24(3)27)15-4-7-17(21)8-5-15/h4-10,14H,11-13H2,1-3H3/p+1.